The molecule has 0 radical (unpaired) electrons. The van der Waals surface area contributed by atoms with Crippen molar-refractivity contribution in [2.75, 3.05) is 0 Å². The van der Waals surface area contributed by atoms with Gasteiger partial charge in [-0.1, -0.05) is 50.6 Å². The maximum atomic E-state index is 10.6. The fraction of sp³-hybridized carbons (Fsp3) is 0.667. The number of benzene rings is 1. The highest BCUT2D eigenvalue weighted by molar-refractivity contribution is 5.26. The van der Waals surface area contributed by atoms with Gasteiger partial charge in [0.25, 0.3) is 0 Å². The Hall–Kier alpha value is -0.820. The molecule has 0 saturated heterocycles. The second-order valence-corrected chi connectivity index (χ2v) is 6.94. The van der Waals surface area contributed by atoms with Gasteiger partial charge >= 0.3 is 0 Å². The van der Waals surface area contributed by atoms with Crippen LogP contribution >= 0.6 is 0 Å². The van der Waals surface area contributed by atoms with Gasteiger partial charge in [-0.05, 0) is 54.4 Å². The predicted octanol–water partition coefficient (Wildman–Crippen LogP) is 4.22. The summed E-state index contributed by atoms with van der Waals surface area (Å²) < 4.78 is 0. The van der Waals surface area contributed by atoms with Crippen LogP contribution in [0.25, 0.3) is 0 Å². The summed E-state index contributed by atoms with van der Waals surface area (Å²) in [5.74, 6) is 3.30. The van der Waals surface area contributed by atoms with E-state index < -0.39 is 0 Å². The van der Waals surface area contributed by atoms with Gasteiger partial charge in [-0.25, -0.2) is 0 Å². The molecule has 3 rings (SSSR count). The Morgan fingerprint density at radius 2 is 1.74 bits per heavy atom. The van der Waals surface area contributed by atoms with Gasteiger partial charge in [-0.15, -0.1) is 0 Å². The second kappa shape index (κ2) is 5.28. The molecule has 19 heavy (non-hydrogen) atoms. The van der Waals surface area contributed by atoms with Gasteiger partial charge in [0.1, 0.15) is 0 Å². The van der Waals surface area contributed by atoms with Crippen molar-refractivity contribution in [1.82, 2.24) is 0 Å². The SMILES string of the molecule is CC1CCC(C(O)C2CC2c2ccccc2)CC1C. The third-order valence-corrected chi connectivity index (χ3v) is 5.63. The first-order valence-corrected chi connectivity index (χ1v) is 7.90. The molecule has 2 saturated carbocycles. The predicted molar refractivity (Wildman–Crippen MR) is 79.0 cm³/mol. The lowest BCUT2D eigenvalue weighted by Gasteiger charge is -2.35. The van der Waals surface area contributed by atoms with E-state index in [0.29, 0.717) is 17.8 Å². The van der Waals surface area contributed by atoms with E-state index in [1.807, 2.05) is 0 Å². The highest BCUT2D eigenvalue weighted by Crippen LogP contribution is 2.52. The van der Waals surface area contributed by atoms with Crippen molar-refractivity contribution in [2.45, 2.75) is 51.6 Å². The first-order valence-electron chi connectivity index (χ1n) is 7.90. The smallest absolute Gasteiger partial charge is 0.0602 e. The van der Waals surface area contributed by atoms with E-state index >= 15 is 0 Å². The summed E-state index contributed by atoms with van der Waals surface area (Å²) in [6, 6.07) is 10.7. The zero-order chi connectivity index (χ0) is 13.4. The minimum atomic E-state index is -0.0693. The Morgan fingerprint density at radius 3 is 2.42 bits per heavy atom. The molecule has 0 heterocycles. The first kappa shape index (κ1) is 13.2. The maximum absolute atomic E-state index is 10.6. The molecule has 1 heteroatoms. The number of hydrogen-bond acceptors (Lipinski definition) is 1. The molecule has 0 amide bonds. The van der Waals surface area contributed by atoms with Crippen LogP contribution in [0.5, 0.6) is 0 Å². The highest BCUT2D eigenvalue weighted by Gasteiger charge is 2.46. The van der Waals surface area contributed by atoms with E-state index in [0.717, 1.165) is 11.8 Å². The fourth-order valence-electron chi connectivity index (χ4n) is 3.92. The number of aliphatic hydroxyl groups excluding tert-OH is 1. The summed E-state index contributed by atoms with van der Waals surface area (Å²) in [7, 11) is 0. The minimum absolute atomic E-state index is 0.0693. The van der Waals surface area contributed by atoms with Crippen LogP contribution in [0, 0.1) is 23.7 Å². The molecule has 0 aromatic heterocycles. The van der Waals surface area contributed by atoms with Crippen LogP contribution in [-0.2, 0) is 0 Å². The molecule has 0 spiro atoms. The van der Waals surface area contributed by atoms with Crippen molar-refractivity contribution in [1.29, 1.82) is 0 Å². The molecule has 2 aliphatic carbocycles. The van der Waals surface area contributed by atoms with Crippen molar-refractivity contribution in [3.05, 3.63) is 35.9 Å². The first-order chi connectivity index (χ1) is 9.16. The average Bonchev–Trinajstić information content (AvgIpc) is 3.22. The molecule has 0 bridgehead atoms. The fourth-order valence-corrected chi connectivity index (χ4v) is 3.92. The molecule has 0 aliphatic heterocycles. The number of rotatable bonds is 3. The summed E-state index contributed by atoms with van der Waals surface area (Å²) in [5.41, 5.74) is 1.42. The summed E-state index contributed by atoms with van der Waals surface area (Å²) in [6.07, 6.45) is 4.86. The third kappa shape index (κ3) is 2.72. The largest absolute Gasteiger partial charge is 0.393 e. The maximum Gasteiger partial charge on any atom is 0.0602 e. The Morgan fingerprint density at radius 1 is 1.00 bits per heavy atom. The second-order valence-electron chi connectivity index (χ2n) is 6.94. The van der Waals surface area contributed by atoms with Gasteiger partial charge < -0.3 is 5.11 Å². The van der Waals surface area contributed by atoms with E-state index in [4.69, 9.17) is 0 Å². The molecule has 1 aromatic rings. The van der Waals surface area contributed by atoms with Crippen LogP contribution in [0.2, 0.25) is 0 Å². The molecular weight excluding hydrogens is 232 g/mol. The average molecular weight is 258 g/mol. The Balaban J connectivity index is 1.59. The normalized spacial score (nSPS) is 39.8. The van der Waals surface area contributed by atoms with E-state index in [9.17, 15) is 5.11 Å². The molecule has 6 atom stereocenters. The van der Waals surface area contributed by atoms with E-state index in [2.05, 4.69) is 44.2 Å². The van der Waals surface area contributed by atoms with Crippen LogP contribution in [0.3, 0.4) is 0 Å². The van der Waals surface area contributed by atoms with Crippen LogP contribution in [-0.4, -0.2) is 11.2 Å². The van der Waals surface area contributed by atoms with Crippen LogP contribution in [0.1, 0.15) is 51.0 Å². The minimum Gasteiger partial charge on any atom is -0.393 e. The summed E-state index contributed by atoms with van der Waals surface area (Å²) >= 11 is 0. The topological polar surface area (TPSA) is 20.2 Å². The molecule has 1 aromatic carbocycles. The quantitative estimate of drug-likeness (QED) is 0.860. The summed E-state index contributed by atoms with van der Waals surface area (Å²) in [6.45, 7) is 4.71. The van der Waals surface area contributed by atoms with Crippen molar-refractivity contribution in [3.8, 4) is 0 Å². The van der Waals surface area contributed by atoms with Crippen molar-refractivity contribution >= 4 is 0 Å². The standard InChI is InChI=1S/C18H26O/c1-12-8-9-15(10-13(12)2)18(19)17-11-16(17)14-6-4-3-5-7-14/h3-7,12-13,15-19H,8-11H2,1-2H3. The van der Waals surface area contributed by atoms with Crippen LogP contribution in [0.4, 0.5) is 0 Å². The van der Waals surface area contributed by atoms with E-state index in [1.54, 1.807) is 0 Å². The number of hydrogen-bond donors (Lipinski definition) is 1. The third-order valence-electron chi connectivity index (χ3n) is 5.63. The lowest BCUT2D eigenvalue weighted by molar-refractivity contribution is 0.0399. The van der Waals surface area contributed by atoms with Gasteiger partial charge in [-0.2, -0.15) is 0 Å². The Bertz CT molecular complexity index is 413. The molecule has 1 nitrogen and oxygen atoms in total. The molecular formula is C18H26O. The zero-order valence-corrected chi connectivity index (χ0v) is 12.1. The Labute approximate surface area is 117 Å². The lowest BCUT2D eigenvalue weighted by atomic mass is 9.73. The van der Waals surface area contributed by atoms with Gasteiger partial charge in [0.15, 0.2) is 0 Å². The molecule has 2 aliphatic rings. The van der Waals surface area contributed by atoms with Gasteiger partial charge in [-0.3, -0.25) is 0 Å². The molecule has 2 fully saturated rings. The van der Waals surface area contributed by atoms with E-state index in [-0.39, 0.29) is 6.10 Å². The van der Waals surface area contributed by atoms with Gasteiger partial charge in [0.2, 0.25) is 0 Å². The van der Waals surface area contributed by atoms with Crippen molar-refractivity contribution in [3.63, 3.8) is 0 Å². The summed E-state index contributed by atoms with van der Waals surface area (Å²) in [5, 5.41) is 10.6. The zero-order valence-electron chi connectivity index (χ0n) is 12.1. The van der Waals surface area contributed by atoms with Crippen molar-refractivity contribution < 1.29 is 5.11 Å². The lowest BCUT2D eigenvalue weighted by Crippen LogP contribution is -2.31. The van der Waals surface area contributed by atoms with Crippen molar-refractivity contribution in [2.24, 2.45) is 23.7 Å². The van der Waals surface area contributed by atoms with Gasteiger partial charge in [0, 0.05) is 0 Å². The van der Waals surface area contributed by atoms with E-state index in [1.165, 1.54) is 31.2 Å². The van der Waals surface area contributed by atoms with Crippen LogP contribution in [0.15, 0.2) is 30.3 Å². The van der Waals surface area contributed by atoms with Crippen LogP contribution < -0.4 is 0 Å². The Kier molecular flexibility index (Phi) is 3.66. The molecule has 104 valence electrons. The van der Waals surface area contributed by atoms with Gasteiger partial charge in [0.05, 0.1) is 6.10 Å². The molecule has 1 N–H and O–H groups in total. The molecule has 6 unspecified atom stereocenters. The summed E-state index contributed by atoms with van der Waals surface area (Å²) in [4.78, 5) is 0. The number of aliphatic hydroxyl groups is 1. The highest BCUT2D eigenvalue weighted by atomic mass is 16.3. The monoisotopic (exact) mass is 258 g/mol.